The molecule has 0 unspecified atom stereocenters. The molecule has 0 bridgehead atoms. The van der Waals surface area contributed by atoms with Crippen molar-refractivity contribution in [3.8, 4) is 5.69 Å². The maximum absolute atomic E-state index is 12.0. The number of H-pyrrole nitrogens is 1. The number of hydrogen-bond acceptors (Lipinski definition) is 3. The number of thiocarbonyl (C=S) groups is 1. The van der Waals surface area contributed by atoms with Gasteiger partial charge in [0, 0.05) is 24.9 Å². The number of nitrogens with one attached hydrogen (secondary N) is 2. The molecule has 0 aliphatic rings. The largest absolute Gasteiger partial charge is 0.432 e. The van der Waals surface area contributed by atoms with Gasteiger partial charge >= 0.3 is 11.3 Å². The number of aromatic nitrogens is 2. The van der Waals surface area contributed by atoms with Gasteiger partial charge in [0.25, 0.3) is 0 Å². The van der Waals surface area contributed by atoms with Gasteiger partial charge in [-0.15, -0.1) is 0 Å². The Morgan fingerprint density at radius 2 is 1.79 bits per heavy atom. The highest BCUT2D eigenvalue weighted by atomic mass is 32.1. The van der Waals surface area contributed by atoms with Crippen LogP contribution in [0.25, 0.3) is 5.69 Å². The number of aromatic amines is 1. The lowest BCUT2D eigenvalue weighted by atomic mass is 10.3. The molecule has 0 amide bonds. The van der Waals surface area contributed by atoms with E-state index in [1.807, 2.05) is 67.7 Å². The van der Waals surface area contributed by atoms with E-state index in [0.717, 1.165) is 11.4 Å². The third-order valence-corrected chi connectivity index (χ3v) is 3.92. The quantitative estimate of drug-likeness (QED) is 0.562. The standard InChI is InChI=1S/C17H16N4O2S/c1-20(17(24)18-13-8-4-2-5-9-13)12-15-16(22)23-19-21(15)14-10-6-3-7-11-14/h2-11H,12H2,1H3,(H-,18,19,22,24)/p+1. The number of nitrogens with zero attached hydrogens (tertiary/aromatic N) is 2. The van der Waals surface area contributed by atoms with Crippen LogP contribution < -0.4 is 15.6 Å². The molecule has 0 saturated carbocycles. The Balaban J connectivity index is 1.77. The van der Waals surface area contributed by atoms with Crippen molar-refractivity contribution in [2.75, 3.05) is 12.4 Å². The molecule has 0 saturated heterocycles. The van der Waals surface area contributed by atoms with E-state index in [4.69, 9.17) is 16.7 Å². The minimum absolute atomic E-state index is 0.305. The minimum atomic E-state index is -0.423. The van der Waals surface area contributed by atoms with Crippen molar-refractivity contribution in [1.82, 2.24) is 10.2 Å². The van der Waals surface area contributed by atoms with E-state index in [-0.39, 0.29) is 0 Å². The molecule has 0 fully saturated rings. The Bertz CT molecular complexity index is 874. The summed E-state index contributed by atoms with van der Waals surface area (Å²) in [5, 5.41) is 6.28. The highest BCUT2D eigenvalue weighted by Crippen LogP contribution is 2.07. The summed E-state index contributed by atoms with van der Waals surface area (Å²) in [6, 6.07) is 19.1. The van der Waals surface area contributed by atoms with Gasteiger partial charge in [0.2, 0.25) is 5.69 Å². The maximum atomic E-state index is 12.0. The lowest BCUT2D eigenvalue weighted by Gasteiger charge is -2.18. The Morgan fingerprint density at radius 1 is 1.17 bits per heavy atom. The van der Waals surface area contributed by atoms with Crippen molar-refractivity contribution in [3.05, 3.63) is 76.8 Å². The van der Waals surface area contributed by atoms with Crippen LogP contribution in [0.2, 0.25) is 0 Å². The Morgan fingerprint density at radius 3 is 2.46 bits per heavy atom. The zero-order chi connectivity index (χ0) is 16.9. The van der Waals surface area contributed by atoms with Crippen molar-refractivity contribution in [3.63, 3.8) is 0 Å². The van der Waals surface area contributed by atoms with E-state index >= 15 is 0 Å². The van der Waals surface area contributed by atoms with Crippen LogP contribution in [0.5, 0.6) is 0 Å². The molecule has 24 heavy (non-hydrogen) atoms. The molecule has 1 heterocycles. The first-order chi connectivity index (χ1) is 11.6. The first kappa shape index (κ1) is 15.9. The van der Waals surface area contributed by atoms with E-state index in [1.54, 1.807) is 9.58 Å². The van der Waals surface area contributed by atoms with Gasteiger partial charge in [-0.25, -0.2) is 4.79 Å². The van der Waals surface area contributed by atoms with Crippen LogP contribution in [-0.2, 0) is 6.54 Å². The molecule has 0 atom stereocenters. The number of rotatable bonds is 4. The van der Waals surface area contributed by atoms with Gasteiger partial charge < -0.3 is 10.2 Å². The van der Waals surface area contributed by atoms with Gasteiger partial charge in [0.05, 0.1) is 0 Å². The zero-order valence-corrected chi connectivity index (χ0v) is 13.9. The fourth-order valence-corrected chi connectivity index (χ4v) is 2.43. The van der Waals surface area contributed by atoms with Crippen LogP contribution in [0.3, 0.4) is 0 Å². The van der Waals surface area contributed by atoms with E-state index in [9.17, 15) is 4.79 Å². The molecule has 6 nitrogen and oxygen atoms in total. The number of anilines is 1. The van der Waals surface area contributed by atoms with Crippen molar-refractivity contribution < 1.29 is 9.20 Å². The highest BCUT2D eigenvalue weighted by molar-refractivity contribution is 7.80. The molecular weight excluding hydrogens is 324 g/mol. The molecule has 0 radical (unpaired) electrons. The topological polar surface area (TPSA) is 65.2 Å². The van der Waals surface area contributed by atoms with E-state index in [2.05, 4.69) is 10.6 Å². The van der Waals surface area contributed by atoms with Crippen molar-refractivity contribution in [2.45, 2.75) is 6.54 Å². The number of benzene rings is 2. The van der Waals surface area contributed by atoms with Gasteiger partial charge in [0.1, 0.15) is 6.54 Å². The molecular formula is C17H17N4O2S+. The minimum Gasteiger partial charge on any atom is -0.341 e. The molecule has 7 heteroatoms. The normalized spacial score (nSPS) is 10.4. The molecule has 2 aromatic carbocycles. The summed E-state index contributed by atoms with van der Waals surface area (Å²) < 4.78 is 6.56. The zero-order valence-electron chi connectivity index (χ0n) is 13.1. The lowest BCUT2D eigenvalue weighted by molar-refractivity contribution is -0.678. The van der Waals surface area contributed by atoms with Crippen LogP contribution in [0.15, 0.2) is 70.0 Å². The van der Waals surface area contributed by atoms with Gasteiger partial charge in [-0.05, 0) is 34.3 Å². The smallest absolute Gasteiger partial charge is 0.341 e. The molecule has 0 spiro atoms. The first-order valence-corrected chi connectivity index (χ1v) is 7.81. The predicted octanol–water partition coefficient (Wildman–Crippen LogP) is 2.07. The summed E-state index contributed by atoms with van der Waals surface area (Å²) in [6.45, 7) is 0.305. The summed E-state index contributed by atoms with van der Waals surface area (Å²) in [7, 11) is 1.82. The third-order valence-electron chi connectivity index (χ3n) is 3.51. The van der Waals surface area contributed by atoms with Gasteiger partial charge in [-0.1, -0.05) is 36.4 Å². The van der Waals surface area contributed by atoms with Crippen LogP contribution in [0.1, 0.15) is 5.69 Å². The van der Waals surface area contributed by atoms with Crippen LogP contribution in [0.4, 0.5) is 5.69 Å². The molecule has 3 rings (SSSR count). The average Bonchev–Trinajstić information content (AvgIpc) is 2.97. The number of para-hydroxylation sites is 2. The van der Waals surface area contributed by atoms with Crippen molar-refractivity contribution in [2.24, 2.45) is 0 Å². The van der Waals surface area contributed by atoms with E-state index in [1.165, 1.54) is 0 Å². The van der Waals surface area contributed by atoms with Crippen LogP contribution in [-0.4, -0.2) is 22.3 Å². The summed E-state index contributed by atoms with van der Waals surface area (Å²) in [5.41, 5.74) is 1.74. The van der Waals surface area contributed by atoms with E-state index in [0.29, 0.717) is 17.4 Å². The first-order valence-electron chi connectivity index (χ1n) is 7.40. The maximum Gasteiger partial charge on any atom is 0.432 e. The third kappa shape index (κ3) is 3.52. The van der Waals surface area contributed by atoms with Gasteiger partial charge in [0.15, 0.2) is 5.11 Å². The van der Waals surface area contributed by atoms with Gasteiger partial charge in [-0.2, -0.15) is 0 Å². The monoisotopic (exact) mass is 341 g/mol. The average molecular weight is 341 g/mol. The second-order valence-electron chi connectivity index (χ2n) is 5.25. The molecule has 0 aliphatic heterocycles. The van der Waals surface area contributed by atoms with Gasteiger partial charge in [-0.3, -0.25) is 4.52 Å². The molecule has 122 valence electrons. The molecule has 1 aromatic heterocycles. The Labute approximate surface area is 144 Å². The van der Waals surface area contributed by atoms with E-state index < -0.39 is 5.63 Å². The summed E-state index contributed by atoms with van der Waals surface area (Å²) in [5.74, 6) is 0. The van der Waals surface area contributed by atoms with Crippen LogP contribution in [0, 0.1) is 0 Å². The summed E-state index contributed by atoms with van der Waals surface area (Å²) >= 11 is 5.40. The van der Waals surface area contributed by atoms with Crippen molar-refractivity contribution >= 4 is 23.0 Å². The fourth-order valence-electron chi connectivity index (χ4n) is 2.25. The SMILES string of the molecule is CN(Cc1c(=O)o[nH][n+]1-c1ccccc1)C(=S)Nc1ccccc1. The molecule has 0 aliphatic carbocycles. The second kappa shape index (κ2) is 7.10. The fraction of sp³-hybridized carbons (Fsp3) is 0.118. The lowest BCUT2D eigenvalue weighted by Crippen LogP contribution is -2.42. The molecule has 3 aromatic rings. The van der Waals surface area contributed by atoms with Crippen molar-refractivity contribution in [1.29, 1.82) is 0 Å². The Kier molecular flexibility index (Phi) is 4.72. The highest BCUT2D eigenvalue weighted by Gasteiger charge is 2.25. The summed E-state index contributed by atoms with van der Waals surface area (Å²) in [6.07, 6.45) is 0. The molecule has 2 N–H and O–H groups in total. The second-order valence-corrected chi connectivity index (χ2v) is 5.64. The predicted molar refractivity (Wildman–Crippen MR) is 95.0 cm³/mol. The summed E-state index contributed by atoms with van der Waals surface area (Å²) in [4.78, 5) is 13.8. The number of hydrogen-bond donors (Lipinski definition) is 2. The van der Waals surface area contributed by atoms with Crippen LogP contribution >= 0.6 is 12.2 Å². The Hall–Kier alpha value is -2.93.